The van der Waals surface area contributed by atoms with E-state index in [1.807, 2.05) is 24.4 Å². The lowest BCUT2D eigenvalue weighted by molar-refractivity contribution is 1.23. The Hall–Kier alpha value is -1.06. The Balaban J connectivity index is 2.02. The number of rotatable bonds is 3. The third-order valence-corrected chi connectivity index (χ3v) is 3.30. The van der Waals surface area contributed by atoms with E-state index in [4.69, 9.17) is 12.2 Å². The summed E-state index contributed by atoms with van der Waals surface area (Å²) in [6.07, 6.45) is 1.88. The average molecular weight is 233 g/mol. The molecule has 76 valence electrons. The molecule has 0 radical (unpaired) electrons. The maximum atomic E-state index is 5.06. The van der Waals surface area contributed by atoms with Gasteiger partial charge in [-0.2, -0.15) is 0 Å². The predicted octanol–water partition coefficient (Wildman–Crippen LogP) is 4.04. The van der Waals surface area contributed by atoms with E-state index in [1.165, 1.54) is 10.5 Å². The highest BCUT2D eigenvalue weighted by Gasteiger charge is 1.94. The van der Waals surface area contributed by atoms with Gasteiger partial charge in [0.05, 0.1) is 0 Å². The van der Waals surface area contributed by atoms with Crippen LogP contribution in [0.25, 0.3) is 0 Å². The summed E-state index contributed by atoms with van der Waals surface area (Å²) in [6.45, 7) is 0. The number of thioether (sulfide) groups is 1. The molecule has 2 rings (SSSR count). The molecule has 0 aliphatic carbocycles. The first-order valence-corrected chi connectivity index (χ1v) is 6.09. The number of H-pyrrole nitrogens is 1. The summed E-state index contributed by atoms with van der Waals surface area (Å²) < 4.78 is 0.785. The molecule has 1 N–H and O–H groups in total. The fourth-order valence-corrected chi connectivity index (χ4v) is 2.42. The van der Waals surface area contributed by atoms with Crippen LogP contribution in [0.15, 0.2) is 53.6 Å². The molecule has 0 atom stereocenters. The minimum atomic E-state index is 0.785. The Bertz CT molecular complexity index is 476. The van der Waals surface area contributed by atoms with Gasteiger partial charge in [0.15, 0.2) is 0 Å². The van der Waals surface area contributed by atoms with E-state index in [9.17, 15) is 0 Å². The maximum absolute atomic E-state index is 5.06. The molecule has 15 heavy (non-hydrogen) atoms. The summed E-state index contributed by atoms with van der Waals surface area (Å²) in [5.74, 6) is 0.986. The van der Waals surface area contributed by atoms with Gasteiger partial charge in [-0.15, -0.1) is 11.8 Å². The normalized spacial score (nSPS) is 10.1. The van der Waals surface area contributed by atoms with Gasteiger partial charge in [-0.1, -0.05) is 42.5 Å². The third kappa shape index (κ3) is 3.22. The van der Waals surface area contributed by atoms with Crippen LogP contribution in [0.1, 0.15) is 5.56 Å². The monoisotopic (exact) mass is 233 g/mol. The van der Waals surface area contributed by atoms with E-state index in [2.05, 4.69) is 29.2 Å². The van der Waals surface area contributed by atoms with Crippen LogP contribution in [0.4, 0.5) is 0 Å². The number of pyridine rings is 1. The van der Waals surface area contributed by atoms with E-state index in [-0.39, 0.29) is 0 Å². The number of aromatic amines is 1. The van der Waals surface area contributed by atoms with E-state index >= 15 is 0 Å². The smallest absolute Gasteiger partial charge is 0.104 e. The molecule has 0 unspecified atom stereocenters. The molecule has 1 aromatic carbocycles. The first-order valence-electron chi connectivity index (χ1n) is 4.70. The Kier molecular flexibility index (Phi) is 3.59. The molecule has 1 heterocycles. The van der Waals surface area contributed by atoms with Crippen LogP contribution in [-0.2, 0) is 5.75 Å². The molecule has 0 bridgehead atoms. The molecule has 0 spiro atoms. The van der Waals surface area contributed by atoms with Crippen molar-refractivity contribution >= 4 is 24.0 Å². The molecular formula is C12H11NS2. The first-order chi connectivity index (χ1) is 7.34. The second kappa shape index (κ2) is 5.14. The summed E-state index contributed by atoms with van der Waals surface area (Å²) in [6, 6.07) is 14.5. The summed E-state index contributed by atoms with van der Waals surface area (Å²) in [5.41, 5.74) is 1.33. The van der Waals surface area contributed by atoms with Crippen molar-refractivity contribution in [2.24, 2.45) is 0 Å². The largest absolute Gasteiger partial charge is 0.353 e. The van der Waals surface area contributed by atoms with Crippen LogP contribution < -0.4 is 0 Å². The second-order valence-corrected chi connectivity index (χ2v) is 4.65. The number of aromatic nitrogens is 1. The molecular weight excluding hydrogens is 222 g/mol. The molecule has 2 aromatic rings. The molecule has 0 saturated carbocycles. The zero-order valence-corrected chi connectivity index (χ0v) is 9.78. The fourth-order valence-electron chi connectivity index (χ4n) is 1.26. The predicted molar refractivity (Wildman–Crippen MR) is 67.6 cm³/mol. The Labute approximate surface area is 98.6 Å². The van der Waals surface area contributed by atoms with Gasteiger partial charge in [0.25, 0.3) is 0 Å². The highest BCUT2D eigenvalue weighted by molar-refractivity contribution is 7.98. The molecule has 3 heteroatoms. The first kappa shape index (κ1) is 10.5. The lowest BCUT2D eigenvalue weighted by Crippen LogP contribution is -1.80. The average Bonchev–Trinajstić information content (AvgIpc) is 2.28. The Morgan fingerprint density at radius 1 is 1.13 bits per heavy atom. The molecule has 0 saturated heterocycles. The van der Waals surface area contributed by atoms with Gasteiger partial charge in [-0.05, 0) is 17.7 Å². The Morgan fingerprint density at radius 2 is 1.93 bits per heavy atom. The summed E-state index contributed by atoms with van der Waals surface area (Å²) in [7, 11) is 0. The van der Waals surface area contributed by atoms with Gasteiger partial charge in [-0.3, -0.25) is 0 Å². The molecule has 0 aliphatic rings. The van der Waals surface area contributed by atoms with Crippen molar-refractivity contribution in [2.75, 3.05) is 0 Å². The van der Waals surface area contributed by atoms with Crippen molar-refractivity contribution in [3.05, 3.63) is 58.9 Å². The lowest BCUT2D eigenvalue weighted by Gasteiger charge is -2.01. The van der Waals surface area contributed by atoms with E-state index < -0.39 is 0 Å². The van der Waals surface area contributed by atoms with Crippen molar-refractivity contribution in [3.8, 4) is 0 Å². The molecule has 1 aromatic heterocycles. The van der Waals surface area contributed by atoms with Crippen molar-refractivity contribution in [3.63, 3.8) is 0 Å². The number of hydrogen-bond acceptors (Lipinski definition) is 2. The van der Waals surface area contributed by atoms with Gasteiger partial charge in [-0.25, -0.2) is 0 Å². The van der Waals surface area contributed by atoms with Crippen LogP contribution in [0.5, 0.6) is 0 Å². The minimum Gasteiger partial charge on any atom is -0.353 e. The zero-order chi connectivity index (χ0) is 10.5. The van der Waals surface area contributed by atoms with Gasteiger partial charge < -0.3 is 4.98 Å². The molecule has 1 nitrogen and oxygen atoms in total. The standard InChI is InChI=1S/C12H11NS2/c14-12-8-11(6-7-13-12)15-9-10-4-2-1-3-5-10/h1-8H,9H2,(H,13,14). The van der Waals surface area contributed by atoms with Gasteiger partial charge in [0.2, 0.25) is 0 Å². The topological polar surface area (TPSA) is 15.8 Å². The van der Waals surface area contributed by atoms with Crippen LogP contribution in [0.2, 0.25) is 0 Å². The zero-order valence-electron chi connectivity index (χ0n) is 8.14. The summed E-state index contributed by atoms with van der Waals surface area (Å²) in [4.78, 5) is 4.18. The highest BCUT2D eigenvalue weighted by atomic mass is 32.2. The number of benzene rings is 1. The summed E-state index contributed by atoms with van der Waals surface area (Å²) in [5, 5.41) is 0. The maximum Gasteiger partial charge on any atom is 0.104 e. The quantitative estimate of drug-likeness (QED) is 0.636. The SMILES string of the molecule is S=c1cc(SCc2ccccc2)cc[nH]1. The van der Waals surface area contributed by atoms with Gasteiger partial charge in [0.1, 0.15) is 4.64 Å². The van der Waals surface area contributed by atoms with Crippen LogP contribution in [0, 0.1) is 4.64 Å². The third-order valence-electron chi connectivity index (χ3n) is 1.99. The van der Waals surface area contributed by atoms with E-state index in [0.717, 1.165) is 10.4 Å². The second-order valence-electron chi connectivity index (χ2n) is 3.16. The number of hydrogen-bond donors (Lipinski definition) is 1. The van der Waals surface area contributed by atoms with Crippen molar-refractivity contribution < 1.29 is 0 Å². The van der Waals surface area contributed by atoms with E-state index in [1.54, 1.807) is 11.8 Å². The molecule has 0 fully saturated rings. The van der Waals surface area contributed by atoms with Crippen molar-refractivity contribution in [1.29, 1.82) is 0 Å². The van der Waals surface area contributed by atoms with Crippen molar-refractivity contribution in [1.82, 2.24) is 4.98 Å². The Morgan fingerprint density at radius 3 is 2.67 bits per heavy atom. The van der Waals surface area contributed by atoms with Crippen LogP contribution in [0.3, 0.4) is 0 Å². The van der Waals surface area contributed by atoms with Crippen LogP contribution >= 0.6 is 24.0 Å². The minimum absolute atomic E-state index is 0.785. The lowest BCUT2D eigenvalue weighted by atomic mass is 10.2. The van der Waals surface area contributed by atoms with E-state index in [0.29, 0.717) is 0 Å². The molecule has 0 aliphatic heterocycles. The number of nitrogens with one attached hydrogen (secondary N) is 1. The van der Waals surface area contributed by atoms with Gasteiger partial charge >= 0.3 is 0 Å². The highest BCUT2D eigenvalue weighted by Crippen LogP contribution is 2.21. The van der Waals surface area contributed by atoms with Crippen LogP contribution in [-0.4, -0.2) is 4.98 Å². The fraction of sp³-hybridized carbons (Fsp3) is 0.0833. The summed E-state index contributed by atoms with van der Waals surface area (Å²) >= 11 is 6.86. The molecule has 0 amide bonds. The van der Waals surface area contributed by atoms with Crippen molar-refractivity contribution in [2.45, 2.75) is 10.6 Å². The van der Waals surface area contributed by atoms with Gasteiger partial charge in [0, 0.05) is 16.8 Å².